The summed E-state index contributed by atoms with van der Waals surface area (Å²) in [4.78, 5) is 31.5. The van der Waals surface area contributed by atoms with Crippen molar-refractivity contribution in [1.82, 2.24) is 15.3 Å². The Kier molecular flexibility index (Phi) is 7.28. The van der Waals surface area contributed by atoms with Crippen LogP contribution in [0.3, 0.4) is 0 Å². The molecule has 1 aromatic carbocycles. The minimum absolute atomic E-state index is 0.0150. The third-order valence-electron chi connectivity index (χ3n) is 4.93. The summed E-state index contributed by atoms with van der Waals surface area (Å²) in [5, 5.41) is 3.86. The summed E-state index contributed by atoms with van der Waals surface area (Å²) >= 11 is 0. The number of aliphatic imine (C=N–C) groups is 2. The van der Waals surface area contributed by atoms with Crippen LogP contribution in [-0.2, 0) is 17.9 Å². The van der Waals surface area contributed by atoms with E-state index in [1.165, 1.54) is 6.21 Å². The van der Waals surface area contributed by atoms with E-state index in [9.17, 15) is 4.79 Å². The maximum absolute atomic E-state index is 12.7. The first kappa shape index (κ1) is 22.6. The van der Waals surface area contributed by atoms with Gasteiger partial charge in [0.05, 0.1) is 5.52 Å². The summed E-state index contributed by atoms with van der Waals surface area (Å²) in [7, 11) is 1.97. The lowest BCUT2D eigenvalue weighted by Gasteiger charge is -2.22. The average molecular weight is 430 g/mol. The summed E-state index contributed by atoms with van der Waals surface area (Å²) < 4.78 is 0. The number of fused-ring (bicyclic) bond motifs is 1. The fraction of sp³-hybridized carbons (Fsp3) is 0.208. The second kappa shape index (κ2) is 10.3. The highest BCUT2D eigenvalue weighted by atomic mass is 16.2. The number of amides is 1. The van der Waals surface area contributed by atoms with E-state index in [0.29, 0.717) is 6.54 Å². The number of carbonyl (C=O) groups excluding carboxylic acids is 1. The number of hydrogen-bond acceptors (Lipinski definition) is 7. The van der Waals surface area contributed by atoms with Gasteiger partial charge in [-0.3, -0.25) is 14.8 Å². The highest BCUT2D eigenvalue weighted by Gasteiger charge is 2.16. The highest BCUT2D eigenvalue weighted by molar-refractivity contribution is 5.94. The molecule has 0 aliphatic heterocycles. The van der Waals surface area contributed by atoms with Gasteiger partial charge in [0.1, 0.15) is 5.82 Å². The second-order valence-corrected chi connectivity index (χ2v) is 7.30. The average Bonchev–Trinajstić information content (AvgIpc) is 2.78. The van der Waals surface area contributed by atoms with Crippen molar-refractivity contribution in [2.45, 2.75) is 26.9 Å². The number of para-hydroxylation sites is 1. The van der Waals surface area contributed by atoms with Crippen LogP contribution in [0.5, 0.6) is 0 Å². The third-order valence-corrected chi connectivity index (χ3v) is 4.93. The van der Waals surface area contributed by atoms with Crippen LogP contribution in [0.1, 0.15) is 23.6 Å². The Bertz CT molecular complexity index is 1190. The van der Waals surface area contributed by atoms with Crippen molar-refractivity contribution in [3.05, 3.63) is 77.0 Å². The van der Waals surface area contributed by atoms with Crippen molar-refractivity contribution in [2.75, 3.05) is 11.9 Å². The predicted octanol–water partition coefficient (Wildman–Crippen LogP) is 3.11. The van der Waals surface area contributed by atoms with Gasteiger partial charge in [-0.05, 0) is 43.8 Å². The van der Waals surface area contributed by atoms with Gasteiger partial charge in [-0.2, -0.15) is 0 Å². The first-order valence-corrected chi connectivity index (χ1v) is 10.2. The number of hydrogen-bond donors (Lipinski definition) is 2. The van der Waals surface area contributed by atoms with Crippen LogP contribution in [0.15, 0.2) is 70.3 Å². The Balaban J connectivity index is 1.95. The van der Waals surface area contributed by atoms with Gasteiger partial charge in [0.25, 0.3) is 5.91 Å². The number of nitrogens with one attached hydrogen (secondary N) is 1. The van der Waals surface area contributed by atoms with Gasteiger partial charge in [-0.25, -0.2) is 9.98 Å². The molecule has 164 valence electrons. The standard InChI is InChI=1S/C24H27N7O/c1-5-28-22(25)21(26-3)24(32)29-14-19-12-18-10-6-8-16(2)20(18)30-23(19)31(4)15-17-9-7-11-27-13-17/h5-13H,3,14-15,25H2,1-2,4H3,(H,29,32)/b22-21-,28-5?. The topological polar surface area (TPSA) is 109 Å². The highest BCUT2D eigenvalue weighted by Crippen LogP contribution is 2.26. The number of benzene rings is 1. The third kappa shape index (κ3) is 5.15. The molecule has 0 saturated carbocycles. The van der Waals surface area contributed by atoms with Gasteiger partial charge in [-0.1, -0.05) is 24.3 Å². The molecule has 3 N–H and O–H groups in total. The molecule has 0 fully saturated rings. The molecular weight excluding hydrogens is 402 g/mol. The Morgan fingerprint density at radius 2 is 2.12 bits per heavy atom. The van der Waals surface area contributed by atoms with Gasteiger partial charge in [0, 0.05) is 49.7 Å². The van der Waals surface area contributed by atoms with E-state index < -0.39 is 5.91 Å². The van der Waals surface area contributed by atoms with E-state index >= 15 is 0 Å². The van der Waals surface area contributed by atoms with Crippen molar-refractivity contribution < 1.29 is 4.79 Å². The minimum Gasteiger partial charge on any atom is -0.382 e. The molecule has 0 atom stereocenters. The maximum atomic E-state index is 12.7. The molecule has 32 heavy (non-hydrogen) atoms. The van der Waals surface area contributed by atoms with Gasteiger partial charge >= 0.3 is 0 Å². The van der Waals surface area contributed by atoms with Gasteiger partial charge in [-0.15, -0.1) is 0 Å². The monoisotopic (exact) mass is 429 g/mol. The molecule has 0 aliphatic carbocycles. The number of nitrogens with zero attached hydrogens (tertiary/aromatic N) is 5. The molecule has 0 spiro atoms. The van der Waals surface area contributed by atoms with Crippen LogP contribution in [0.25, 0.3) is 10.9 Å². The molecule has 2 heterocycles. The number of nitrogens with two attached hydrogens (primary N) is 1. The molecule has 0 bridgehead atoms. The van der Waals surface area contributed by atoms with Crippen molar-refractivity contribution in [3.63, 3.8) is 0 Å². The molecule has 3 aromatic rings. The predicted molar refractivity (Wildman–Crippen MR) is 130 cm³/mol. The van der Waals surface area contributed by atoms with Crippen LogP contribution in [0.2, 0.25) is 0 Å². The van der Waals surface area contributed by atoms with E-state index in [-0.39, 0.29) is 18.1 Å². The summed E-state index contributed by atoms with van der Waals surface area (Å²) in [6.07, 6.45) is 5.07. The molecule has 8 nitrogen and oxygen atoms in total. The van der Waals surface area contributed by atoms with Gasteiger partial charge < -0.3 is 16.0 Å². The first-order chi connectivity index (χ1) is 15.4. The summed E-state index contributed by atoms with van der Waals surface area (Å²) in [5.41, 5.74) is 9.74. The van der Waals surface area contributed by atoms with Crippen LogP contribution in [0, 0.1) is 6.92 Å². The fourth-order valence-corrected chi connectivity index (χ4v) is 3.41. The Labute approximate surface area is 187 Å². The lowest BCUT2D eigenvalue weighted by Crippen LogP contribution is -2.27. The number of pyridine rings is 2. The molecule has 0 aliphatic rings. The molecule has 3 rings (SSSR count). The largest absolute Gasteiger partial charge is 0.382 e. The van der Waals surface area contributed by atoms with Crippen molar-refractivity contribution in [3.8, 4) is 0 Å². The number of anilines is 1. The SMILES string of the molecule is C=N/C(C(=O)NCc1cc2cccc(C)c2nc1N(C)Cc1cccnc1)=C(/N)N=CC. The zero-order chi connectivity index (χ0) is 23.1. The molecule has 2 aromatic heterocycles. The van der Waals surface area contributed by atoms with Crippen LogP contribution in [0.4, 0.5) is 5.82 Å². The van der Waals surface area contributed by atoms with Gasteiger partial charge in [0.2, 0.25) is 0 Å². The summed E-state index contributed by atoms with van der Waals surface area (Å²) in [5.74, 6) is 0.335. The van der Waals surface area contributed by atoms with E-state index in [2.05, 4.69) is 27.0 Å². The number of aromatic nitrogens is 2. The Morgan fingerprint density at radius 1 is 1.31 bits per heavy atom. The van der Waals surface area contributed by atoms with E-state index in [4.69, 9.17) is 10.7 Å². The lowest BCUT2D eigenvalue weighted by atomic mass is 10.1. The smallest absolute Gasteiger partial charge is 0.273 e. The first-order valence-electron chi connectivity index (χ1n) is 10.2. The molecule has 1 amide bonds. The molecule has 0 radical (unpaired) electrons. The summed E-state index contributed by atoms with van der Waals surface area (Å²) in [6, 6.07) is 12.0. The van der Waals surface area contributed by atoms with Crippen molar-refractivity contribution >= 4 is 35.6 Å². The number of carbonyl (C=O) groups is 1. The normalized spacial score (nSPS) is 12.0. The second-order valence-electron chi connectivity index (χ2n) is 7.30. The summed E-state index contributed by atoms with van der Waals surface area (Å²) in [6.45, 7) is 8.04. The molecule has 0 unspecified atom stereocenters. The zero-order valence-corrected chi connectivity index (χ0v) is 18.5. The maximum Gasteiger partial charge on any atom is 0.273 e. The number of rotatable bonds is 8. The van der Waals surface area contributed by atoms with Crippen LogP contribution in [-0.4, -0.2) is 35.9 Å². The Morgan fingerprint density at radius 3 is 2.81 bits per heavy atom. The van der Waals surface area contributed by atoms with E-state index in [1.807, 2.05) is 61.5 Å². The zero-order valence-electron chi connectivity index (χ0n) is 18.5. The van der Waals surface area contributed by atoms with Crippen molar-refractivity contribution in [2.24, 2.45) is 15.7 Å². The van der Waals surface area contributed by atoms with Crippen LogP contribution >= 0.6 is 0 Å². The lowest BCUT2D eigenvalue weighted by molar-refractivity contribution is -0.117. The molecule has 0 saturated heterocycles. The number of aryl methyl sites for hydroxylation is 1. The van der Waals surface area contributed by atoms with Gasteiger partial charge in [0.15, 0.2) is 11.5 Å². The van der Waals surface area contributed by atoms with E-state index in [1.54, 1.807) is 13.1 Å². The molecular formula is C24H27N7O. The molecule has 8 heteroatoms. The van der Waals surface area contributed by atoms with Crippen LogP contribution < -0.4 is 16.0 Å². The fourth-order valence-electron chi connectivity index (χ4n) is 3.41. The quantitative estimate of drug-likeness (QED) is 0.422. The Hall–Kier alpha value is -4.07. The van der Waals surface area contributed by atoms with Crippen molar-refractivity contribution in [1.29, 1.82) is 0 Å². The van der Waals surface area contributed by atoms with E-state index in [0.717, 1.165) is 33.4 Å². The minimum atomic E-state index is -0.451.